The molecule has 0 aliphatic carbocycles. The van der Waals surface area contributed by atoms with Crippen molar-refractivity contribution in [3.63, 3.8) is 0 Å². The summed E-state index contributed by atoms with van der Waals surface area (Å²) in [5.41, 5.74) is 5.84. The fraction of sp³-hybridized carbons (Fsp3) is 0.280. The number of carbonyl (C=O) groups excluding carboxylic acids is 1. The smallest absolute Gasteiger partial charge is 0.289 e. The minimum atomic E-state index is -0.300. The molecule has 2 N–H and O–H groups in total. The molecule has 0 unspecified atom stereocenters. The van der Waals surface area contributed by atoms with E-state index in [0.29, 0.717) is 0 Å². The van der Waals surface area contributed by atoms with Gasteiger partial charge in [0, 0.05) is 48.2 Å². The molecule has 5 rings (SSSR count). The van der Waals surface area contributed by atoms with Crippen molar-refractivity contribution >= 4 is 22.6 Å². The third kappa shape index (κ3) is 4.42. The molecule has 0 spiro atoms. The van der Waals surface area contributed by atoms with Crippen LogP contribution in [0.4, 0.5) is 5.69 Å². The van der Waals surface area contributed by atoms with Crippen molar-refractivity contribution in [1.29, 1.82) is 0 Å². The van der Waals surface area contributed by atoms with Crippen molar-refractivity contribution in [1.82, 2.24) is 25.3 Å². The Balaban J connectivity index is 1.35. The number of aromatic amines is 1. The first-order valence-corrected chi connectivity index (χ1v) is 11.1. The van der Waals surface area contributed by atoms with E-state index in [1.165, 1.54) is 0 Å². The molecule has 0 radical (unpaired) electrons. The first-order valence-electron chi connectivity index (χ1n) is 11.1. The Labute approximate surface area is 192 Å². The summed E-state index contributed by atoms with van der Waals surface area (Å²) in [4.78, 5) is 31.4. The van der Waals surface area contributed by atoms with Crippen LogP contribution in [0.1, 0.15) is 34.7 Å². The Morgan fingerprint density at radius 1 is 1.12 bits per heavy atom. The van der Waals surface area contributed by atoms with E-state index in [0.717, 1.165) is 65.3 Å². The quantitative estimate of drug-likeness (QED) is 0.490. The molecular formula is C25H26N6O2. The number of aryl methyl sites for hydroxylation is 1. The van der Waals surface area contributed by atoms with E-state index in [-0.39, 0.29) is 17.8 Å². The monoisotopic (exact) mass is 442 g/mol. The van der Waals surface area contributed by atoms with Gasteiger partial charge in [0.15, 0.2) is 0 Å². The molecule has 168 valence electrons. The van der Waals surface area contributed by atoms with E-state index in [2.05, 4.69) is 42.3 Å². The molecule has 4 heterocycles. The highest BCUT2D eigenvalue weighted by molar-refractivity contribution is 5.95. The second kappa shape index (κ2) is 8.99. The SMILES string of the molecule is Cc1cccc([C@@H](C)NC(=O)c2ncc(-c3c[nH]c4ncc(N5CCOCC5)cc34)cn2)c1. The summed E-state index contributed by atoms with van der Waals surface area (Å²) in [6, 6.07) is 10.1. The standard InChI is InChI=1S/C25H26N6O2/c1-16-4-3-5-18(10-16)17(2)30-25(32)24-26-12-19(13-27-24)22-15-29-23-21(22)11-20(14-28-23)31-6-8-33-9-7-31/h3-5,10-15,17H,6-9H2,1-2H3,(H,28,29)(H,30,32)/t17-/m1/s1. The highest BCUT2D eigenvalue weighted by Crippen LogP contribution is 2.30. The number of amides is 1. The number of H-pyrrole nitrogens is 1. The summed E-state index contributed by atoms with van der Waals surface area (Å²) in [5, 5.41) is 3.96. The van der Waals surface area contributed by atoms with Crippen LogP contribution in [0.25, 0.3) is 22.2 Å². The maximum atomic E-state index is 12.7. The molecule has 1 aliphatic rings. The van der Waals surface area contributed by atoms with Crippen LogP contribution in [0.3, 0.4) is 0 Å². The number of aromatic nitrogens is 4. The number of nitrogens with zero attached hydrogens (tertiary/aromatic N) is 4. The summed E-state index contributed by atoms with van der Waals surface area (Å²) in [7, 11) is 0. The second-order valence-corrected chi connectivity index (χ2v) is 8.30. The molecule has 1 fully saturated rings. The number of hydrogen-bond donors (Lipinski definition) is 2. The van der Waals surface area contributed by atoms with Crippen LogP contribution in [-0.4, -0.2) is 52.1 Å². The van der Waals surface area contributed by atoms with Crippen LogP contribution in [-0.2, 0) is 4.74 Å². The van der Waals surface area contributed by atoms with Crippen LogP contribution in [0.2, 0.25) is 0 Å². The zero-order valence-electron chi connectivity index (χ0n) is 18.7. The molecule has 1 aliphatic heterocycles. The predicted molar refractivity (Wildman–Crippen MR) is 127 cm³/mol. The zero-order chi connectivity index (χ0) is 22.8. The Kier molecular flexibility index (Phi) is 5.75. The van der Waals surface area contributed by atoms with Gasteiger partial charge in [-0.25, -0.2) is 15.0 Å². The fourth-order valence-corrected chi connectivity index (χ4v) is 4.09. The van der Waals surface area contributed by atoms with E-state index < -0.39 is 0 Å². The van der Waals surface area contributed by atoms with Gasteiger partial charge in [0.05, 0.1) is 31.1 Å². The number of ether oxygens (including phenoxy) is 1. The van der Waals surface area contributed by atoms with E-state index in [1.807, 2.05) is 44.4 Å². The van der Waals surface area contributed by atoms with Crippen LogP contribution >= 0.6 is 0 Å². The van der Waals surface area contributed by atoms with Crippen molar-refractivity contribution in [3.8, 4) is 11.1 Å². The van der Waals surface area contributed by atoms with Crippen LogP contribution in [0.15, 0.2) is 55.1 Å². The number of carbonyl (C=O) groups is 1. The van der Waals surface area contributed by atoms with Crippen molar-refractivity contribution < 1.29 is 9.53 Å². The fourth-order valence-electron chi connectivity index (χ4n) is 4.09. The molecule has 1 amide bonds. The van der Waals surface area contributed by atoms with E-state index >= 15 is 0 Å². The molecule has 1 atom stereocenters. The van der Waals surface area contributed by atoms with Gasteiger partial charge in [-0.3, -0.25) is 4.79 Å². The van der Waals surface area contributed by atoms with Crippen LogP contribution < -0.4 is 10.2 Å². The van der Waals surface area contributed by atoms with Crippen LogP contribution in [0, 0.1) is 6.92 Å². The van der Waals surface area contributed by atoms with Crippen molar-refractivity contribution in [2.45, 2.75) is 19.9 Å². The topological polar surface area (TPSA) is 96.0 Å². The number of morpholine rings is 1. The highest BCUT2D eigenvalue weighted by Gasteiger charge is 2.17. The average molecular weight is 443 g/mol. The first kappa shape index (κ1) is 21.1. The van der Waals surface area contributed by atoms with Gasteiger partial charge in [-0.15, -0.1) is 0 Å². The molecule has 8 heteroatoms. The lowest BCUT2D eigenvalue weighted by Gasteiger charge is -2.28. The van der Waals surface area contributed by atoms with E-state index in [1.54, 1.807) is 12.4 Å². The average Bonchev–Trinajstić information content (AvgIpc) is 3.28. The number of hydrogen-bond acceptors (Lipinski definition) is 6. The normalized spacial score (nSPS) is 14.9. The van der Waals surface area contributed by atoms with Gasteiger partial charge in [-0.1, -0.05) is 29.8 Å². The minimum Gasteiger partial charge on any atom is -0.378 e. The third-order valence-corrected chi connectivity index (χ3v) is 5.95. The summed E-state index contributed by atoms with van der Waals surface area (Å²) in [6.45, 7) is 7.12. The Morgan fingerprint density at radius 2 is 1.91 bits per heavy atom. The highest BCUT2D eigenvalue weighted by atomic mass is 16.5. The van der Waals surface area contributed by atoms with Crippen molar-refractivity contribution in [2.24, 2.45) is 0 Å². The molecular weight excluding hydrogens is 416 g/mol. The van der Waals surface area contributed by atoms with Crippen LogP contribution in [0.5, 0.6) is 0 Å². The summed E-state index contributed by atoms with van der Waals surface area (Å²) >= 11 is 0. The Hall–Kier alpha value is -3.78. The number of fused-ring (bicyclic) bond motifs is 1. The molecule has 0 saturated carbocycles. The number of anilines is 1. The number of benzene rings is 1. The van der Waals surface area contributed by atoms with Gasteiger partial charge >= 0.3 is 0 Å². The van der Waals surface area contributed by atoms with Gasteiger partial charge in [-0.2, -0.15) is 0 Å². The van der Waals surface area contributed by atoms with Gasteiger partial charge in [0.1, 0.15) is 5.65 Å². The lowest BCUT2D eigenvalue weighted by Crippen LogP contribution is -2.36. The van der Waals surface area contributed by atoms with Gasteiger partial charge in [0.2, 0.25) is 5.82 Å². The predicted octanol–water partition coefficient (Wildman–Crippen LogP) is 3.66. The van der Waals surface area contributed by atoms with Crippen molar-refractivity contribution in [3.05, 3.63) is 72.1 Å². The van der Waals surface area contributed by atoms with E-state index in [9.17, 15) is 4.79 Å². The van der Waals surface area contributed by atoms with Gasteiger partial charge < -0.3 is 19.9 Å². The molecule has 1 aromatic carbocycles. The Morgan fingerprint density at radius 3 is 2.67 bits per heavy atom. The Bertz CT molecular complexity index is 1280. The maximum Gasteiger partial charge on any atom is 0.289 e. The zero-order valence-corrected chi connectivity index (χ0v) is 18.7. The number of pyridine rings is 1. The van der Waals surface area contributed by atoms with Crippen molar-refractivity contribution in [2.75, 3.05) is 31.2 Å². The number of rotatable bonds is 5. The summed E-state index contributed by atoms with van der Waals surface area (Å²) < 4.78 is 5.45. The maximum absolute atomic E-state index is 12.7. The second-order valence-electron chi connectivity index (χ2n) is 8.30. The molecule has 0 bridgehead atoms. The van der Waals surface area contributed by atoms with Gasteiger partial charge in [-0.05, 0) is 25.5 Å². The molecule has 1 saturated heterocycles. The largest absolute Gasteiger partial charge is 0.378 e. The molecule has 8 nitrogen and oxygen atoms in total. The number of nitrogens with one attached hydrogen (secondary N) is 2. The third-order valence-electron chi connectivity index (χ3n) is 5.95. The van der Waals surface area contributed by atoms with E-state index in [4.69, 9.17) is 4.74 Å². The molecule has 3 aromatic heterocycles. The summed E-state index contributed by atoms with van der Waals surface area (Å²) in [6.07, 6.45) is 7.15. The lowest BCUT2D eigenvalue weighted by molar-refractivity contribution is 0.0929. The summed E-state index contributed by atoms with van der Waals surface area (Å²) in [5.74, 6) is -0.157. The lowest BCUT2D eigenvalue weighted by atomic mass is 10.1. The first-order chi connectivity index (χ1) is 16.1. The molecule has 4 aromatic rings. The minimum absolute atomic E-state index is 0.140. The van der Waals surface area contributed by atoms with Gasteiger partial charge in [0.25, 0.3) is 5.91 Å². The molecule has 33 heavy (non-hydrogen) atoms.